The van der Waals surface area contributed by atoms with Gasteiger partial charge in [0.25, 0.3) is 0 Å². The van der Waals surface area contributed by atoms with Crippen LogP contribution in [0.15, 0.2) is 29.4 Å². The number of rotatable bonds is 5. The average Bonchev–Trinajstić information content (AvgIpc) is 2.92. The van der Waals surface area contributed by atoms with Crippen LogP contribution in [0.5, 0.6) is 0 Å². The number of hydrogen-bond acceptors (Lipinski definition) is 5. The van der Waals surface area contributed by atoms with Crippen LogP contribution in [0, 0.1) is 6.92 Å². The Labute approximate surface area is 117 Å². The van der Waals surface area contributed by atoms with Gasteiger partial charge in [0.2, 0.25) is 10.0 Å². The number of aromatic amines is 1. The lowest BCUT2D eigenvalue weighted by Crippen LogP contribution is -2.28. The van der Waals surface area contributed by atoms with E-state index in [1.165, 1.54) is 12.4 Å². The van der Waals surface area contributed by atoms with E-state index in [4.69, 9.17) is 5.11 Å². The standard InChI is InChI=1S/C12H16N4O3S/c1-8-3-4-10(6-17)5-11(8)20(18,19)16-9(2)12-13-7-14-15-12/h3-5,7,9,16-17H,6H2,1-2H3,(H,13,14,15). The molecule has 0 spiro atoms. The fraction of sp³-hybridized carbons (Fsp3) is 0.333. The molecule has 1 atom stereocenters. The fourth-order valence-corrected chi connectivity index (χ4v) is 3.31. The number of aliphatic hydroxyl groups excluding tert-OH is 1. The minimum Gasteiger partial charge on any atom is -0.392 e. The van der Waals surface area contributed by atoms with Crippen molar-refractivity contribution in [2.45, 2.75) is 31.4 Å². The molecular weight excluding hydrogens is 280 g/mol. The van der Waals surface area contributed by atoms with E-state index in [0.29, 0.717) is 17.0 Å². The maximum atomic E-state index is 12.4. The van der Waals surface area contributed by atoms with Gasteiger partial charge < -0.3 is 5.11 Å². The summed E-state index contributed by atoms with van der Waals surface area (Å²) < 4.78 is 27.3. The first-order valence-electron chi connectivity index (χ1n) is 6.02. The van der Waals surface area contributed by atoms with Crippen molar-refractivity contribution in [1.29, 1.82) is 0 Å². The van der Waals surface area contributed by atoms with Crippen molar-refractivity contribution in [2.24, 2.45) is 0 Å². The molecule has 2 aromatic rings. The van der Waals surface area contributed by atoms with Crippen LogP contribution < -0.4 is 4.72 Å². The molecule has 1 aromatic heterocycles. The van der Waals surface area contributed by atoms with Gasteiger partial charge in [-0.2, -0.15) is 5.10 Å². The molecule has 0 amide bonds. The van der Waals surface area contributed by atoms with Crippen LogP contribution in [0.4, 0.5) is 0 Å². The number of benzene rings is 1. The highest BCUT2D eigenvalue weighted by Crippen LogP contribution is 2.19. The van der Waals surface area contributed by atoms with Crippen LogP contribution in [0.1, 0.15) is 29.9 Å². The molecule has 7 nitrogen and oxygen atoms in total. The van der Waals surface area contributed by atoms with Crippen molar-refractivity contribution in [3.8, 4) is 0 Å². The van der Waals surface area contributed by atoms with Crippen molar-refractivity contribution in [2.75, 3.05) is 0 Å². The number of sulfonamides is 1. The highest BCUT2D eigenvalue weighted by molar-refractivity contribution is 7.89. The predicted molar refractivity (Wildman–Crippen MR) is 72.2 cm³/mol. The third kappa shape index (κ3) is 3.03. The molecule has 1 unspecified atom stereocenters. The Morgan fingerprint density at radius 1 is 1.45 bits per heavy atom. The van der Waals surface area contributed by atoms with Gasteiger partial charge in [-0.05, 0) is 31.0 Å². The molecule has 1 heterocycles. The SMILES string of the molecule is Cc1ccc(CO)cc1S(=O)(=O)NC(C)c1ncn[nH]1. The minimum atomic E-state index is -3.70. The van der Waals surface area contributed by atoms with Crippen LogP contribution in [0.2, 0.25) is 0 Å². The van der Waals surface area contributed by atoms with Gasteiger partial charge in [0.15, 0.2) is 0 Å². The molecule has 2 rings (SSSR count). The Hall–Kier alpha value is -1.77. The molecular formula is C12H16N4O3S. The third-order valence-electron chi connectivity index (χ3n) is 2.90. The minimum absolute atomic E-state index is 0.149. The summed E-state index contributed by atoms with van der Waals surface area (Å²) in [7, 11) is -3.70. The summed E-state index contributed by atoms with van der Waals surface area (Å²) in [5.74, 6) is 0.435. The Morgan fingerprint density at radius 2 is 2.20 bits per heavy atom. The summed E-state index contributed by atoms with van der Waals surface area (Å²) >= 11 is 0. The fourth-order valence-electron chi connectivity index (χ4n) is 1.81. The Balaban J connectivity index is 2.31. The van der Waals surface area contributed by atoms with E-state index in [1.54, 1.807) is 26.0 Å². The number of H-pyrrole nitrogens is 1. The van der Waals surface area contributed by atoms with Gasteiger partial charge in [-0.25, -0.2) is 18.1 Å². The maximum Gasteiger partial charge on any atom is 0.241 e. The van der Waals surface area contributed by atoms with Crippen LogP contribution in [0.25, 0.3) is 0 Å². The topological polar surface area (TPSA) is 108 Å². The van der Waals surface area contributed by atoms with Crippen molar-refractivity contribution in [3.05, 3.63) is 41.5 Å². The second-order valence-electron chi connectivity index (χ2n) is 4.47. The number of nitrogens with zero attached hydrogens (tertiary/aromatic N) is 2. The van der Waals surface area contributed by atoms with Crippen LogP contribution in [-0.4, -0.2) is 28.7 Å². The molecule has 0 bridgehead atoms. The molecule has 0 saturated carbocycles. The normalized spacial score (nSPS) is 13.3. The lowest BCUT2D eigenvalue weighted by Gasteiger charge is -2.14. The van der Waals surface area contributed by atoms with Crippen molar-refractivity contribution >= 4 is 10.0 Å². The van der Waals surface area contributed by atoms with Crippen molar-refractivity contribution < 1.29 is 13.5 Å². The number of hydrogen-bond donors (Lipinski definition) is 3. The Morgan fingerprint density at radius 3 is 2.80 bits per heavy atom. The summed E-state index contributed by atoms with van der Waals surface area (Å²) in [4.78, 5) is 4.07. The molecule has 8 heteroatoms. The summed E-state index contributed by atoms with van der Waals surface area (Å²) in [5.41, 5.74) is 1.16. The second kappa shape index (κ2) is 5.70. The van der Waals surface area contributed by atoms with Crippen LogP contribution in [0.3, 0.4) is 0 Å². The number of aliphatic hydroxyl groups is 1. The van der Waals surface area contributed by atoms with E-state index >= 15 is 0 Å². The molecule has 108 valence electrons. The lowest BCUT2D eigenvalue weighted by atomic mass is 10.2. The van der Waals surface area contributed by atoms with Crippen molar-refractivity contribution in [1.82, 2.24) is 19.9 Å². The van der Waals surface area contributed by atoms with E-state index < -0.39 is 16.1 Å². The van der Waals surface area contributed by atoms with E-state index in [-0.39, 0.29) is 11.5 Å². The van der Waals surface area contributed by atoms with E-state index in [0.717, 1.165) is 0 Å². The van der Waals surface area contributed by atoms with Gasteiger partial charge in [0, 0.05) is 0 Å². The lowest BCUT2D eigenvalue weighted by molar-refractivity contribution is 0.281. The third-order valence-corrected chi connectivity index (χ3v) is 4.58. The average molecular weight is 296 g/mol. The molecule has 3 N–H and O–H groups in total. The van der Waals surface area contributed by atoms with Gasteiger partial charge in [-0.15, -0.1) is 0 Å². The highest BCUT2D eigenvalue weighted by Gasteiger charge is 2.21. The van der Waals surface area contributed by atoms with Crippen LogP contribution >= 0.6 is 0 Å². The van der Waals surface area contributed by atoms with Crippen LogP contribution in [-0.2, 0) is 16.6 Å². The molecule has 1 aromatic carbocycles. The van der Waals surface area contributed by atoms with Gasteiger partial charge in [0.1, 0.15) is 12.2 Å². The van der Waals surface area contributed by atoms with E-state index in [1.807, 2.05) is 0 Å². The monoisotopic (exact) mass is 296 g/mol. The summed E-state index contributed by atoms with van der Waals surface area (Å²) in [5, 5.41) is 15.4. The summed E-state index contributed by atoms with van der Waals surface area (Å²) in [6.07, 6.45) is 1.32. The molecule has 0 fully saturated rings. The number of aryl methyl sites for hydroxylation is 1. The number of aromatic nitrogens is 3. The molecule has 0 saturated heterocycles. The van der Waals surface area contributed by atoms with Gasteiger partial charge in [-0.1, -0.05) is 12.1 Å². The summed E-state index contributed by atoms with van der Waals surface area (Å²) in [6.45, 7) is 3.17. The van der Waals surface area contributed by atoms with E-state index in [2.05, 4.69) is 19.9 Å². The van der Waals surface area contributed by atoms with Gasteiger partial charge in [0.05, 0.1) is 17.5 Å². The van der Waals surface area contributed by atoms with Crippen molar-refractivity contribution in [3.63, 3.8) is 0 Å². The first kappa shape index (κ1) is 14.6. The molecule has 0 radical (unpaired) electrons. The van der Waals surface area contributed by atoms with Gasteiger partial charge >= 0.3 is 0 Å². The Kier molecular flexibility index (Phi) is 4.17. The molecule has 0 aliphatic rings. The summed E-state index contributed by atoms with van der Waals surface area (Å²) in [6, 6.07) is 4.29. The quantitative estimate of drug-likeness (QED) is 0.750. The largest absolute Gasteiger partial charge is 0.392 e. The zero-order chi connectivity index (χ0) is 14.8. The molecule has 0 aliphatic carbocycles. The smallest absolute Gasteiger partial charge is 0.241 e. The highest BCUT2D eigenvalue weighted by atomic mass is 32.2. The first-order chi connectivity index (χ1) is 9.44. The zero-order valence-corrected chi connectivity index (χ0v) is 12.0. The molecule has 0 aliphatic heterocycles. The number of nitrogens with one attached hydrogen (secondary N) is 2. The zero-order valence-electron chi connectivity index (χ0n) is 11.2. The maximum absolute atomic E-state index is 12.4. The van der Waals surface area contributed by atoms with Gasteiger partial charge in [-0.3, -0.25) is 5.10 Å². The Bertz CT molecular complexity index is 683. The first-order valence-corrected chi connectivity index (χ1v) is 7.50. The predicted octanol–water partition coefficient (Wildman–Crippen LogP) is 0.645. The second-order valence-corrected chi connectivity index (χ2v) is 6.15. The van der Waals surface area contributed by atoms with E-state index in [9.17, 15) is 8.42 Å². The molecule has 20 heavy (non-hydrogen) atoms.